The molecule has 2 aliphatic rings. The van der Waals surface area contributed by atoms with Crippen LogP contribution in [0.15, 0.2) is 18.2 Å². The van der Waals surface area contributed by atoms with Gasteiger partial charge in [0.15, 0.2) is 0 Å². The lowest BCUT2D eigenvalue weighted by Crippen LogP contribution is -2.46. The molecule has 3 rings (SSSR count). The van der Waals surface area contributed by atoms with Crippen molar-refractivity contribution in [3.63, 3.8) is 0 Å². The lowest BCUT2D eigenvalue weighted by molar-refractivity contribution is -0.137. The van der Waals surface area contributed by atoms with Crippen molar-refractivity contribution >= 4 is 0 Å². The molecule has 1 aliphatic heterocycles. The monoisotopic (exact) mass is 330 g/mol. The Kier molecular flexibility index (Phi) is 4.92. The van der Waals surface area contributed by atoms with E-state index in [-0.39, 0.29) is 6.04 Å². The van der Waals surface area contributed by atoms with Gasteiger partial charge in [-0.05, 0) is 42.5 Å². The first-order valence-electron chi connectivity index (χ1n) is 8.27. The number of hydrogen-bond donors (Lipinski definition) is 1. The van der Waals surface area contributed by atoms with E-state index in [9.17, 15) is 17.6 Å². The van der Waals surface area contributed by atoms with Crippen LogP contribution in [0.5, 0.6) is 0 Å². The Morgan fingerprint density at radius 1 is 1.04 bits per heavy atom. The third kappa shape index (κ3) is 3.86. The van der Waals surface area contributed by atoms with Crippen LogP contribution in [-0.4, -0.2) is 31.1 Å². The van der Waals surface area contributed by atoms with Crippen molar-refractivity contribution < 1.29 is 17.6 Å². The summed E-state index contributed by atoms with van der Waals surface area (Å²) < 4.78 is 53.0. The van der Waals surface area contributed by atoms with Crippen molar-refractivity contribution in [1.29, 1.82) is 0 Å². The summed E-state index contributed by atoms with van der Waals surface area (Å²) in [6, 6.07) is 2.91. The van der Waals surface area contributed by atoms with Crippen LogP contribution in [0.25, 0.3) is 0 Å². The second-order valence-corrected chi connectivity index (χ2v) is 6.55. The molecule has 0 unspecified atom stereocenters. The Hall–Kier alpha value is -1.14. The van der Waals surface area contributed by atoms with Crippen LogP contribution in [0.1, 0.15) is 42.9 Å². The van der Waals surface area contributed by atoms with Gasteiger partial charge in [0.1, 0.15) is 5.82 Å². The van der Waals surface area contributed by atoms with E-state index in [1.807, 2.05) is 0 Å². The minimum Gasteiger partial charge on any atom is -0.314 e. The van der Waals surface area contributed by atoms with E-state index in [0.29, 0.717) is 17.5 Å². The Bertz CT molecular complexity index is 532. The van der Waals surface area contributed by atoms with Gasteiger partial charge in [0.2, 0.25) is 0 Å². The molecule has 2 fully saturated rings. The molecule has 1 aromatic carbocycles. The second-order valence-electron chi connectivity index (χ2n) is 6.55. The number of piperazine rings is 1. The molecule has 128 valence electrons. The largest absolute Gasteiger partial charge is 0.416 e. The first-order chi connectivity index (χ1) is 10.9. The van der Waals surface area contributed by atoms with Crippen molar-refractivity contribution in [3.8, 4) is 0 Å². The molecule has 0 radical (unpaired) electrons. The van der Waals surface area contributed by atoms with E-state index in [1.54, 1.807) is 0 Å². The van der Waals surface area contributed by atoms with E-state index in [0.717, 1.165) is 57.9 Å². The number of benzene rings is 1. The van der Waals surface area contributed by atoms with Gasteiger partial charge in [0.05, 0.1) is 5.56 Å². The Labute approximate surface area is 133 Å². The van der Waals surface area contributed by atoms with Crippen LogP contribution in [0.2, 0.25) is 0 Å². The van der Waals surface area contributed by atoms with Gasteiger partial charge in [0.25, 0.3) is 0 Å². The Morgan fingerprint density at radius 2 is 1.70 bits per heavy atom. The lowest BCUT2D eigenvalue weighted by atomic mass is 9.88. The topological polar surface area (TPSA) is 15.3 Å². The molecule has 1 aromatic rings. The zero-order valence-corrected chi connectivity index (χ0v) is 13.0. The molecule has 1 saturated heterocycles. The highest BCUT2D eigenvalue weighted by Crippen LogP contribution is 2.41. The van der Waals surface area contributed by atoms with E-state index in [4.69, 9.17) is 0 Å². The number of nitrogens with one attached hydrogen (secondary N) is 1. The molecule has 1 aliphatic carbocycles. The van der Waals surface area contributed by atoms with Crippen LogP contribution in [-0.2, 0) is 6.18 Å². The Morgan fingerprint density at radius 3 is 2.30 bits per heavy atom. The summed E-state index contributed by atoms with van der Waals surface area (Å²) in [5.74, 6) is -0.482. The lowest BCUT2D eigenvalue weighted by Gasteiger charge is -2.39. The standard InChI is InChI=1S/C17H22F4N2/c18-15-10-13(9-14(11-15)17(19,20)21)16(12-3-1-2-4-12)23-7-5-22-6-8-23/h9-12,16,22H,1-8H2/t16-/m1/s1. The third-order valence-electron chi connectivity index (χ3n) is 4.98. The molecule has 0 bridgehead atoms. The normalized spacial score (nSPS) is 22.4. The number of nitrogens with zero attached hydrogens (tertiary/aromatic N) is 1. The summed E-state index contributed by atoms with van der Waals surface area (Å²) in [5, 5.41) is 3.26. The fraction of sp³-hybridized carbons (Fsp3) is 0.647. The average Bonchev–Trinajstić information content (AvgIpc) is 3.01. The molecule has 1 saturated carbocycles. The third-order valence-corrected chi connectivity index (χ3v) is 4.98. The minimum absolute atomic E-state index is 0.114. The highest BCUT2D eigenvalue weighted by atomic mass is 19.4. The van der Waals surface area contributed by atoms with Crippen molar-refractivity contribution in [2.24, 2.45) is 5.92 Å². The molecule has 1 N–H and O–H groups in total. The predicted molar refractivity (Wildman–Crippen MR) is 80.5 cm³/mol. The average molecular weight is 330 g/mol. The fourth-order valence-corrected chi connectivity index (χ4v) is 3.96. The summed E-state index contributed by atoms with van der Waals surface area (Å²) in [6.07, 6.45) is -0.289. The Balaban J connectivity index is 1.96. The van der Waals surface area contributed by atoms with Crippen molar-refractivity contribution in [2.75, 3.05) is 26.2 Å². The van der Waals surface area contributed by atoms with Crippen LogP contribution >= 0.6 is 0 Å². The molecule has 1 heterocycles. The van der Waals surface area contributed by atoms with Crippen molar-refractivity contribution in [2.45, 2.75) is 37.9 Å². The molecule has 0 amide bonds. The number of hydrogen-bond acceptors (Lipinski definition) is 2. The van der Waals surface area contributed by atoms with Crippen LogP contribution in [0, 0.1) is 11.7 Å². The van der Waals surface area contributed by atoms with Gasteiger partial charge in [-0.25, -0.2) is 4.39 Å². The molecule has 2 nitrogen and oxygen atoms in total. The summed E-state index contributed by atoms with van der Waals surface area (Å²) in [5.41, 5.74) is -0.406. The van der Waals surface area contributed by atoms with Crippen LogP contribution in [0.3, 0.4) is 0 Å². The zero-order chi connectivity index (χ0) is 16.4. The maximum Gasteiger partial charge on any atom is 0.416 e. The summed E-state index contributed by atoms with van der Waals surface area (Å²) in [6.45, 7) is 3.23. The van der Waals surface area contributed by atoms with Gasteiger partial charge in [-0.15, -0.1) is 0 Å². The van der Waals surface area contributed by atoms with Gasteiger partial charge in [-0.3, -0.25) is 4.90 Å². The maximum atomic E-state index is 13.8. The summed E-state index contributed by atoms with van der Waals surface area (Å²) in [4.78, 5) is 2.22. The zero-order valence-electron chi connectivity index (χ0n) is 13.0. The quantitative estimate of drug-likeness (QED) is 0.844. The van der Waals surface area contributed by atoms with Gasteiger partial charge in [-0.1, -0.05) is 12.8 Å². The predicted octanol–water partition coefficient (Wildman–Crippen LogP) is 3.98. The van der Waals surface area contributed by atoms with Gasteiger partial charge >= 0.3 is 6.18 Å². The highest BCUT2D eigenvalue weighted by Gasteiger charge is 2.36. The van der Waals surface area contributed by atoms with Crippen LogP contribution in [0.4, 0.5) is 17.6 Å². The highest BCUT2D eigenvalue weighted by molar-refractivity contribution is 5.30. The molecule has 1 atom stereocenters. The van der Waals surface area contributed by atoms with Gasteiger partial charge < -0.3 is 5.32 Å². The smallest absolute Gasteiger partial charge is 0.314 e. The van der Waals surface area contributed by atoms with E-state index in [2.05, 4.69) is 10.2 Å². The molecular weight excluding hydrogens is 308 g/mol. The number of alkyl halides is 3. The van der Waals surface area contributed by atoms with Gasteiger partial charge in [-0.2, -0.15) is 13.2 Å². The van der Waals surface area contributed by atoms with Gasteiger partial charge in [0, 0.05) is 32.2 Å². The minimum atomic E-state index is -4.51. The second kappa shape index (κ2) is 6.77. The SMILES string of the molecule is Fc1cc([C@@H](C2CCCC2)N2CCNCC2)cc(C(F)(F)F)c1. The molecule has 0 aromatic heterocycles. The van der Waals surface area contributed by atoms with E-state index < -0.39 is 17.6 Å². The van der Waals surface area contributed by atoms with Crippen LogP contribution < -0.4 is 5.32 Å². The van der Waals surface area contributed by atoms with E-state index in [1.165, 1.54) is 6.07 Å². The van der Waals surface area contributed by atoms with E-state index >= 15 is 0 Å². The first-order valence-corrected chi connectivity index (χ1v) is 8.27. The summed E-state index contributed by atoms with van der Waals surface area (Å²) >= 11 is 0. The maximum absolute atomic E-state index is 13.8. The fourth-order valence-electron chi connectivity index (χ4n) is 3.96. The first kappa shape index (κ1) is 16.7. The number of halogens is 4. The van der Waals surface area contributed by atoms with Crippen molar-refractivity contribution in [3.05, 3.63) is 35.1 Å². The number of rotatable bonds is 3. The molecule has 23 heavy (non-hydrogen) atoms. The van der Waals surface area contributed by atoms with Crippen molar-refractivity contribution in [1.82, 2.24) is 10.2 Å². The summed E-state index contributed by atoms with van der Waals surface area (Å²) in [7, 11) is 0. The molecule has 0 spiro atoms. The molecular formula is C17H22F4N2. The molecule has 6 heteroatoms.